The molecule has 4 nitrogen and oxygen atoms in total. The summed E-state index contributed by atoms with van der Waals surface area (Å²) in [5.41, 5.74) is 19.7. The van der Waals surface area contributed by atoms with Crippen molar-refractivity contribution in [3.8, 4) is 22.3 Å². The Morgan fingerprint density at radius 2 is 0.900 bits per heavy atom. The van der Waals surface area contributed by atoms with Crippen molar-refractivity contribution in [2.75, 3.05) is 22.5 Å². The molecule has 212 valence electrons. The van der Waals surface area contributed by atoms with Crippen LogP contribution < -0.4 is 22.5 Å². The van der Waals surface area contributed by atoms with Crippen LogP contribution in [0.25, 0.3) is 22.3 Å². The zero-order valence-electron chi connectivity index (χ0n) is 21.7. The molecule has 0 fully saturated rings. The number of hydrogen-bond donors (Lipinski definition) is 3. The minimum Gasteiger partial charge on any atom is -0.398 e. The van der Waals surface area contributed by atoms with E-state index in [9.17, 15) is 35.3 Å². The molecule has 0 bridgehead atoms. The highest BCUT2D eigenvalue weighted by Crippen LogP contribution is 2.38. The Balaban J connectivity index is 0.000000225. The van der Waals surface area contributed by atoms with Crippen molar-refractivity contribution in [1.29, 1.82) is 0 Å². The van der Waals surface area contributed by atoms with Crippen LogP contribution in [0, 0.1) is 62.6 Å². The monoisotopic (exact) mass is 568 g/mol. The van der Waals surface area contributed by atoms with Crippen LogP contribution in [0.4, 0.5) is 58.1 Å². The molecule has 12 heteroatoms. The van der Waals surface area contributed by atoms with Gasteiger partial charge in [-0.05, 0) is 103 Å². The van der Waals surface area contributed by atoms with Crippen LogP contribution in [-0.4, -0.2) is 0 Å². The molecule has 0 radical (unpaired) electrons. The number of anilines is 4. The number of nitrogens with zero attached hydrogens (tertiary/aromatic N) is 1. The van der Waals surface area contributed by atoms with Crippen LogP contribution in [-0.2, 0) is 0 Å². The highest BCUT2D eigenvalue weighted by Gasteiger charge is 2.32. The van der Waals surface area contributed by atoms with E-state index < -0.39 is 62.7 Å². The molecule has 0 spiro atoms. The topological polar surface area (TPSA) is 81.3 Å². The molecule has 0 saturated heterocycles. The number of nitrogen functional groups attached to an aromatic ring is 3. The number of aryl methyl sites for hydroxylation is 4. The lowest BCUT2D eigenvalue weighted by Gasteiger charge is -2.13. The first-order valence-corrected chi connectivity index (χ1v) is 11.5. The lowest BCUT2D eigenvalue weighted by molar-refractivity contribution is 0.223. The van der Waals surface area contributed by atoms with Gasteiger partial charge in [-0.1, -0.05) is 8.96 Å². The van der Waals surface area contributed by atoms with Crippen molar-refractivity contribution in [2.24, 2.45) is 0 Å². The standard InChI is InChI=1S/C16H20N2.C12H4F8N2/c1-9-5-13(6-10(2)15(9)17)14-7-11(3)16(18)12(4)8-14;13-6-3(1-2-4(21)7(6)14)5-8(15)10(17)12(22(19)20)11(18)9(5)16/h5-8H,17-18H2,1-4H3;1-2H,21H2. The molecule has 6 N–H and O–H groups in total. The number of benzene rings is 4. The lowest BCUT2D eigenvalue weighted by atomic mass is 9.95. The second kappa shape index (κ2) is 11.3. The van der Waals surface area contributed by atoms with Crippen molar-refractivity contribution < 1.29 is 35.3 Å². The molecule has 0 unspecified atom stereocenters. The zero-order chi connectivity index (χ0) is 30.2. The molecule has 0 aliphatic rings. The Bertz CT molecular complexity index is 1490. The maximum absolute atomic E-state index is 13.7. The fourth-order valence-electron chi connectivity index (χ4n) is 4.05. The summed E-state index contributed by atoms with van der Waals surface area (Å²) in [6.07, 6.45) is 0. The number of rotatable bonds is 3. The van der Waals surface area contributed by atoms with E-state index >= 15 is 0 Å². The maximum Gasteiger partial charge on any atom is 0.191 e. The van der Waals surface area contributed by atoms with Crippen molar-refractivity contribution in [2.45, 2.75) is 27.7 Å². The second-order valence-electron chi connectivity index (χ2n) is 9.09. The molecule has 0 atom stereocenters. The molecule has 0 aromatic heterocycles. The molecule has 0 saturated carbocycles. The molecule has 0 aliphatic heterocycles. The fraction of sp³-hybridized carbons (Fsp3) is 0.143. The first-order valence-electron chi connectivity index (χ1n) is 11.5. The summed E-state index contributed by atoms with van der Waals surface area (Å²) < 4.78 is 106. The Labute approximate surface area is 224 Å². The summed E-state index contributed by atoms with van der Waals surface area (Å²) in [5, 5.41) is -2.18. The van der Waals surface area contributed by atoms with Gasteiger partial charge in [-0.2, -0.15) is 0 Å². The quantitative estimate of drug-likeness (QED) is 0.101. The first-order chi connectivity index (χ1) is 18.6. The molecule has 0 heterocycles. The molecule has 40 heavy (non-hydrogen) atoms. The number of hydrogen-bond acceptors (Lipinski definition) is 4. The summed E-state index contributed by atoms with van der Waals surface area (Å²) in [6.45, 7) is 8.18. The highest BCUT2D eigenvalue weighted by atomic mass is 19.4. The normalized spacial score (nSPS) is 10.8. The molecule has 4 aromatic carbocycles. The average Bonchev–Trinajstić information content (AvgIpc) is 2.89. The molecule has 4 aromatic rings. The predicted octanol–water partition coefficient (Wildman–Crippen LogP) is 8.10. The highest BCUT2D eigenvalue weighted by molar-refractivity contribution is 5.74. The number of halogens is 8. The van der Waals surface area contributed by atoms with Crippen molar-refractivity contribution >= 4 is 22.7 Å². The van der Waals surface area contributed by atoms with Crippen LogP contribution >= 0.6 is 0 Å². The third-order valence-corrected chi connectivity index (χ3v) is 6.31. The van der Waals surface area contributed by atoms with E-state index in [1.54, 1.807) is 0 Å². The van der Waals surface area contributed by atoms with E-state index in [-0.39, 0.29) is 0 Å². The largest absolute Gasteiger partial charge is 0.398 e. The SMILES string of the molecule is Cc1cc(-c2cc(C)c(N)c(C)c2)cc(C)c1N.Nc1ccc(-c2c(F)c(F)c(N(F)F)c(F)c2F)c(F)c1F. The summed E-state index contributed by atoms with van der Waals surface area (Å²) in [4.78, 5) is 0. The molecule has 0 aliphatic carbocycles. The molecule has 4 rings (SSSR count). The summed E-state index contributed by atoms with van der Waals surface area (Å²) in [5.74, 6) is -13.1. The summed E-state index contributed by atoms with van der Waals surface area (Å²) in [6, 6.07) is 9.77. The smallest absolute Gasteiger partial charge is 0.191 e. The van der Waals surface area contributed by atoms with Crippen LogP contribution in [0.2, 0.25) is 0 Å². The van der Waals surface area contributed by atoms with Gasteiger partial charge in [0.1, 0.15) is 0 Å². The van der Waals surface area contributed by atoms with E-state index in [1.807, 2.05) is 27.7 Å². The van der Waals surface area contributed by atoms with Gasteiger partial charge in [-0.15, -0.1) is 0 Å². The van der Waals surface area contributed by atoms with Crippen molar-refractivity contribution in [3.63, 3.8) is 0 Å². The van der Waals surface area contributed by atoms with Crippen LogP contribution in [0.5, 0.6) is 0 Å². The van der Waals surface area contributed by atoms with E-state index in [0.717, 1.165) is 33.6 Å². The third kappa shape index (κ3) is 5.47. The second-order valence-corrected chi connectivity index (χ2v) is 9.09. The lowest BCUT2D eigenvalue weighted by Crippen LogP contribution is -2.10. The van der Waals surface area contributed by atoms with Gasteiger partial charge in [0.15, 0.2) is 40.6 Å². The zero-order valence-corrected chi connectivity index (χ0v) is 21.7. The average molecular weight is 569 g/mol. The summed E-state index contributed by atoms with van der Waals surface area (Å²) in [7, 11) is 0. The first kappa shape index (κ1) is 30.1. The van der Waals surface area contributed by atoms with Crippen LogP contribution in [0.3, 0.4) is 0 Å². The van der Waals surface area contributed by atoms with Gasteiger partial charge in [0.25, 0.3) is 0 Å². The van der Waals surface area contributed by atoms with Crippen LogP contribution in [0.1, 0.15) is 22.3 Å². The van der Waals surface area contributed by atoms with Gasteiger partial charge >= 0.3 is 0 Å². The van der Waals surface area contributed by atoms with Gasteiger partial charge in [-0.25, -0.2) is 26.3 Å². The van der Waals surface area contributed by atoms with E-state index in [2.05, 4.69) is 24.3 Å². The Morgan fingerprint density at radius 1 is 0.525 bits per heavy atom. The Morgan fingerprint density at radius 3 is 1.25 bits per heavy atom. The number of nitrogens with two attached hydrogens (primary N) is 3. The van der Waals surface area contributed by atoms with Gasteiger partial charge < -0.3 is 17.2 Å². The maximum atomic E-state index is 13.7. The Kier molecular flexibility index (Phi) is 8.51. The molecule has 0 amide bonds. The van der Waals surface area contributed by atoms with Crippen molar-refractivity contribution in [1.82, 2.24) is 0 Å². The van der Waals surface area contributed by atoms with E-state index in [4.69, 9.17) is 17.2 Å². The summed E-state index contributed by atoms with van der Waals surface area (Å²) >= 11 is 0. The molecular formula is C28H24F8N4. The third-order valence-electron chi connectivity index (χ3n) is 6.31. The predicted molar refractivity (Wildman–Crippen MR) is 140 cm³/mol. The van der Waals surface area contributed by atoms with Gasteiger partial charge in [-0.3, -0.25) is 0 Å². The van der Waals surface area contributed by atoms with Gasteiger partial charge in [0, 0.05) is 16.9 Å². The van der Waals surface area contributed by atoms with Gasteiger partial charge in [0.2, 0.25) is 0 Å². The van der Waals surface area contributed by atoms with E-state index in [0.29, 0.717) is 12.1 Å². The van der Waals surface area contributed by atoms with Crippen LogP contribution in [0.15, 0.2) is 36.4 Å². The van der Waals surface area contributed by atoms with E-state index in [1.165, 1.54) is 11.1 Å². The van der Waals surface area contributed by atoms with Crippen molar-refractivity contribution in [3.05, 3.63) is 93.6 Å². The minimum atomic E-state index is -2.46. The van der Waals surface area contributed by atoms with Gasteiger partial charge in [0.05, 0.1) is 11.3 Å². The molecular weight excluding hydrogens is 544 g/mol. The minimum absolute atomic E-state index is 0.552. The fourth-order valence-corrected chi connectivity index (χ4v) is 4.05. The Hall–Kier alpha value is -4.48.